The lowest BCUT2D eigenvalue weighted by Crippen LogP contribution is -2.14. The van der Waals surface area contributed by atoms with Gasteiger partial charge in [0, 0.05) is 35.5 Å². The third kappa shape index (κ3) is 13.1. The fourth-order valence-electron chi connectivity index (χ4n) is 7.42. The van der Waals surface area contributed by atoms with Gasteiger partial charge in [-0.15, -0.1) is 0 Å². The number of rotatable bonds is 23. The van der Waals surface area contributed by atoms with E-state index in [1.165, 1.54) is 25.7 Å². The fourth-order valence-corrected chi connectivity index (χ4v) is 7.42. The molecule has 0 radical (unpaired) electrons. The van der Waals surface area contributed by atoms with Crippen LogP contribution in [0.4, 0.5) is 4.39 Å². The highest BCUT2D eigenvalue weighted by Crippen LogP contribution is 2.42. The summed E-state index contributed by atoms with van der Waals surface area (Å²) in [7, 11) is 0. The second-order valence-corrected chi connectivity index (χ2v) is 15.0. The van der Waals surface area contributed by atoms with Crippen molar-refractivity contribution in [3.8, 4) is 33.8 Å². The van der Waals surface area contributed by atoms with Gasteiger partial charge in [-0.05, 0) is 142 Å². The van der Waals surface area contributed by atoms with E-state index in [1.807, 2.05) is 36.4 Å². The molecule has 1 saturated carbocycles. The summed E-state index contributed by atoms with van der Waals surface area (Å²) in [6.45, 7) is 13.1. The molecule has 0 aromatic heterocycles. The van der Waals surface area contributed by atoms with Crippen LogP contribution in [0.3, 0.4) is 0 Å². The lowest BCUT2D eigenvalue weighted by atomic mass is 9.77. The van der Waals surface area contributed by atoms with Crippen LogP contribution in [0.25, 0.3) is 22.3 Å². The first kappa shape index (κ1) is 44.2. The Labute approximate surface area is 332 Å². The number of ether oxygens (including phenoxy) is 4. The van der Waals surface area contributed by atoms with Gasteiger partial charge in [0.25, 0.3) is 0 Å². The van der Waals surface area contributed by atoms with Crippen LogP contribution in [0, 0.1) is 11.7 Å². The van der Waals surface area contributed by atoms with Gasteiger partial charge in [0.15, 0.2) is 0 Å². The first-order chi connectivity index (χ1) is 27.1. The van der Waals surface area contributed by atoms with E-state index in [-0.39, 0.29) is 45.5 Å². The molecule has 3 aromatic carbocycles. The minimum atomic E-state index is -0.500. The second-order valence-electron chi connectivity index (χ2n) is 15.0. The van der Waals surface area contributed by atoms with Gasteiger partial charge >= 0.3 is 11.9 Å². The van der Waals surface area contributed by atoms with Crippen molar-refractivity contribution in [2.75, 3.05) is 39.6 Å². The number of carbonyl (C=O) groups is 2. The Balaban J connectivity index is 1.76. The SMILES string of the molecule is C=C(C)C(=O)OCCOc1ccc(-c2cc(-c3ccc(C4CCC(CCC)CC4)cc3F)cc(OCCOC(=O)C(=C)C)c2CCCCCO)cc1CCCO. The lowest BCUT2D eigenvalue weighted by molar-refractivity contribution is -0.140. The van der Waals surface area contributed by atoms with Crippen LogP contribution in [0.2, 0.25) is 0 Å². The summed E-state index contributed by atoms with van der Waals surface area (Å²) in [6.07, 6.45) is 10.9. The predicted molar refractivity (Wildman–Crippen MR) is 219 cm³/mol. The average molecular weight is 773 g/mol. The number of unbranched alkanes of at least 4 members (excludes halogenated alkanes) is 2. The number of hydrogen-bond donors (Lipinski definition) is 2. The minimum Gasteiger partial charge on any atom is -0.490 e. The predicted octanol–water partition coefficient (Wildman–Crippen LogP) is 9.86. The van der Waals surface area contributed by atoms with Gasteiger partial charge in [-0.25, -0.2) is 14.0 Å². The van der Waals surface area contributed by atoms with E-state index >= 15 is 4.39 Å². The maximum atomic E-state index is 16.3. The molecule has 9 heteroatoms. The molecule has 1 aliphatic rings. The smallest absolute Gasteiger partial charge is 0.333 e. The number of esters is 2. The van der Waals surface area contributed by atoms with Gasteiger partial charge in [0.2, 0.25) is 0 Å². The Hall–Kier alpha value is -4.47. The molecule has 0 aliphatic heterocycles. The highest BCUT2D eigenvalue weighted by Gasteiger charge is 2.24. The van der Waals surface area contributed by atoms with Crippen molar-refractivity contribution in [2.45, 2.75) is 104 Å². The van der Waals surface area contributed by atoms with Crippen molar-refractivity contribution < 1.29 is 43.1 Å². The van der Waals surface area contributed by atoms with E-state index in [0.29, 0.717) is 65.4 Å². The van der Waals surface area contributed by atoms with Gasteiger partial charge in [-0.1, -0.05) is 57.5 Å². The Morgan fingerprint density at radius 3 is 1.98 bits per heavy atom. The second kappa shape index (κ2) is 22.9. The van der Waals surface area contributed by atoms with Crippen LogP contribution in [0.1, 0.15) is 108 Å². The van der Waals surface area contributed by atoms with E-state index in [0.717, 1.165) is 59.4 Å². The summed E-state index contributed by atoms with van der Waals surface area (Å²) in [4.78, 5) is 24.0. The van der Waals surface area contributed by atoms with Crippen LogP contribution >= 0.6 is 0 Å². The highest BCUT2D eigenvalue weighted by atomic mass is 19.1. The molecule has 0 amide bonds. The molecule has 0 atom stereocenters. The molecule has 304 valence electrons. The van der Waals surface area contributed by atoms with Crippen molar-refractivity contribution in [1.82, 2.24) is 0 Å². The standard InChI is InChI=1S/C47H61FO8/c1-6-11-34-14-16-35(17-15-34)36-18-20-40(43(48)30-36)39-29-42(41(13-8-7-9-22-49)45(31-39)54-25-27-56-47(52)33(4)5)37-19-21-44(38(28-37)12-10-23-50)53-24-26-55-46(51)32(2)3/h18-21,28-31,34-35,49-50H,2,4,6-17,22-27H2,1,3,5H3. The summed E-state index contributed by atoms with van der Waals surface area (Å²) in [5.74, 6) is 1.00. The maximum absolute atomic E-state index is 16.3. The topological polar surface area (TPSA) is 112 Å². The first-order valence-corrected chi connectivity index (χ1v) is 20.3. The molecule has 3 aromatic rings. The zero-order valence-electron chi connectivity index (χ0n) is 33.6. The largest absolute Gasteiger partial charge is 0.490 e. The van der Waals surface area contributed by atoms with Crippen LogP contribution in [-0.2, 0) is 31.9 Å². The third-order valence-electron chi connectivity index (χ3n) is 10.4. The zero-order valence-corrected chi connectivity index (χ0v) is 33.6. The average Bonchev–Trinajstić information content (AvgIpc) is 3.19. The van der Waals surface area contributed by atoms with E-state index in [4.69, 9.17) is 18.9 Å². The Bertz CT molecular complexity index is 1770. The third-order valence-corrected chi connectivity index (χ3v) is 10.4. The zero-order chi connectivity index (χ0) is 40.5. The number of benzene rings is 3. The summed E-state index contributed by atoms with van der Waals surface area (Å²) >= 11 is 0. The highest BCUT2D eigenvalue weighted by molar-refractivity contribution is 5.87. The molecular formula is C47H61FO8. The van der Waals surface area contributed by atoms with Gasteiger partial charge in [0.05, 0.1) is 0 Å². The normalized spacial score (nSPS) is 15.2. The molecule has 1 fully saturated rings. The molecule has 0 saturated heterocycles. The van der Waals surface area contributed by atoms with Crippen LogP contribution in [-0.4, -0.2) is 61.8 Å². The molecule has 4 rings (SSSR count). The molecule has 0 heterocycles. The van der Waals surface area contributed by atoms with Crippen molar-refractivity contribution in [1.29, 1.82) is 0 Å². The summed E-state index contributed by atoms with van der Waals surface area (Å²) < 4.78 is 39.3. The van der Waals surface area contributed by atoms with E-state index in [1.54, 1.807) is 19.9 Å². The van der Waals surface area contributed by atoms with Crippen LogP contribution < -0.4 is 9.47 Å². The minimum absolute atomic E-state index is 0.00508. The molecule has 1 aliphatic carbocycles. The molecule has 56 heavy (non-hydrogen) atoms. The molecule has 0 bridgehead atoms. The maximum Gasteiger partial charge on any atom is 0.333 e. The summed E-state index contributed by atoms with van der Waals surface area (Å²) in [5, 5.41) is 19.2. The van der Waals surface area contributed by atoms with Crippen LogP contribution in [0.5, 0.6) is 11.5 Å². The van der Waals surface area contributed by atoms with Gasteiger partial charge in [-0.2, -0.15) is 0 Å². The van der Waals surface area contributed by atoms with Crippen LogP contribution in [0.15, 0.2) is 72.8 Å². The van der Waals surface area contributed by atoms with Crippen molar-refractivity contribution >= 4 is 11.9 Å². The molecular weight excluding hydrogens is 712 g/mol. The number of hydrogen-bond acceptors (Lipinski definition) is 8. The number of aryl methyl sites for hydroxylation is 1. The number of carbonyl (C=O) groups excluding carboxylic acids is 2. The van der Waals surface area contributed by atoms with Gasteiger partial charge in [0.1, 0.15) is 43.7 Å². The Kier molecular flexibility index (Phi) is 18.1. The number of aliphatic hydroxyl groups excluding tert-OH is 2. The monoisotopic (exact) mass is 772 g/mol. The quantitative estimate of drug-likeness (QED) is 0.0557. The van der Waals surface area contributed by atoms with Crippen molar-refractivity contribution in [3.63, 3.8) is 0 Å². The fraction of sp³-hybridized carbons (Fsp3) is 0.489. The van der Waals surface area contributed by atoms with Gasteiger partial charge in [-0.3, -0.25) is 0 Å². The van der Waals surface area contributed by atoms with Gasteiger partial charge < -0.3 is 29.2 Å². The Morgan fingerprint density at radius 1 is 0.714 bits per heavy atom. The molecule has 0 unspecified atom stereocenters. The first-order valence-electron chi connectivity index (χ1n) is 20.3. The molecule has 0 spiro atoms. The van der Waals surface area contributed by atoms with E-state index in [2.05, 4.69) is 26.1 Å². The Morgan fingerprint density at radius 2 is 1.38 bits per heavy atom. The summed E-state index contributed by atoms with van der Waals surface area (Å²) in [5.41, 5.74) is 6.24. The van der Waals surface area contributed by atoms with E-state index < -0.39 is 11.9 Å². The molecule has 2 N–H and O–H groups in total. The van der Waals surface area contributed by atoms with Crippen molar-refractivity contribution in [2.24, 2.45) is 5.92 Å². The number of aliphatic hydroxyl groups is 2. The van der Waals surface area contributed by atoms with Crippen molar-refractivity contribution in [3.05, 3.63) is 95.3 Å². The van der Waals surface area contributed by atoms with E-state index in [9.17, 15) is 19.8 Å². The lowest BCUT2D eigenvalue weighted by Gasteiger charge is -2.28. The number of halogens is 1. The molecule has 8 nitrogen and oxygen atoms in total. The summed E-state index contributed by atoms with van der Waals surface area (Å²) in [6, 6.07) is 15.4.